The minimum atomic E-state index is -1.06. The van der Waals surface area contributed by atoms with E-state index in [1.807, 2.05) is 6.07 Å². The maximum absolute atomic E-state index is 13.7. The third-order valence-corrected chi connectivity index (χ3v) is 6.44. The normalized spacial score (nSPS) is 16.1. The molecule has 5 aromatic rings. The summed E-state index contributed by atoms with van der Waals surface area (Å²) < 4.78 is 20.3. The highest BCUT2D eigenvalue weighted by Gasteiger charge is 2.46. The van der Waals surface area contributed by atoms with E-state index in [4.69, 9.17) is 4.42 Å². The van der Waals surface area contributed by atoms with E-state index in [2.05, 4.69) is 25.9 Å². The third kappa shape index (κ3) is 3.43. The molecule has 172 valence electrons. The predicted octanol–water partition coefficient (Wildman–Crippen LogP) is 5.99. The fraction of sp³-hybridized carbons (Fsp3) is 0.0385. The molecule has 1 aliphatic heterocycles. The van der Waals surface area contributed by atoms with Gasteiger partial charge in [0.2, 0.25) is 11.7 Å². The minimum Gasteiger partial charge on any atom is -0.503 e. The number of nitrogens with zero attached hydrogens (tertiary/aromatic N) is 2. The fourth-order valence-corrected chi connectivity index (χ4v) is 4.71. The highest BCUT2D eigenvalue weighted by atomic mass is 79.9. The van der Waals surface area contributed by atoms with Gasteiger partial charge >= 0.3 is 0 Å². The van der Waals surface area contributed by atoms with Gasteiger partial charge in [0.15, 0.2) is 11.5 Å². The number of aromatic nitrogens is 2. The van der Waals surface area contributed by atoms with Crippen molar-refractivity contribution in [1.82, 2.24) is 9.97 Å². The Morgan fingerprint density at radius 2 is 1.86 bits per heavy atom. The summed E-state index contributed by atoms with van der Waals surface area (Å²) in [7, 11) is 0. The van der Waals surface area contributed by atoms with Crippen molar-refractivity contribution in [2.24, 2.45) is 0 Å². The first-order valence-electron chi connectivity index (χ1n) is 10.6. The van der Waals surface area contributed by atoms with Crippen molar-refractivity contribution in [2.75, 3.05) is 4.90 Å². The number of anilines is 1. The maximum atomic E-state index is 13.7. The highest BCUT2D eigenvalue weighted by Crippen LogP contribution is 2.42. The van der Waals surface area contributed by atoms with Crippen LogP contribution in [0.4, 0.5) is 10.3 Å². The molecule has 0 fully saturated rings. The van der Waals surface area contributed by atoms with Crippen LogP contribution in [-0.4, -0.2) is 26.8 Å². The number of Topliss-reactive ketones (excluding diaryl/α,β-unsaturated/α-hetero) is 1. The smallest absolute Gasteiger partial charge is 0.296 e. The van der Waals surface area contributed by atoms with E-state index in [0.29, 0.717) is 27.6 Å². The minimum absolute atomic E-state index is 0.0361. The average Bonchev–Trinajstić information content (AvgIpc) is 3.53. The van der Waals surface area contributed by atoms with E-state index in [9.17, 15) is 19.1 Å². The van der Waals surface area contributed by atoms with Gasteiger partial charge in [-0.2, -0.15) is 0 Å². The molecule has 7 nitrogen and oxygen atoms in total. The van der Waals surface area contributed by atoms with Crippen molar-refractivity contribution in [3.05, 3.63) is 106 Å². The molecule has 0 aliphatic carbocycles. The molecule has 2 N–H and O–H groups in total. The Morgan fingerprint density at radius 1 is 1.09 bits per heavy atom. The molecule has 35 heavy (non-hydrogen) atoms. The highest BCUT2D eigenvalue weighted by molar-refractivity contribution is 9.10. The first-order chi connectivity index (χ1) is 16.9. The van der Waals surface area contributed by atoms with Crippen molar-refractivity contribution in [2.45, 2.75) is 6.04 Å². The van der Waals surface area contributed by atoms with Gasteiger partial charge in [0.25, 0.3) is 5.91 Å². The molecule has 1 amide bonds. The van der Waals surface area contributed by atoms with Gasteiger partial charge in [-0.05, 0) is 54.1 Å². The van der Waals surface area contributed by atoms with Crippen LogP contribution in [0.5, 0.6) is 0 Å². The molecule has 1 atom stereocenters. The van der Waals surface area contributed by atoms with E-state index in [1.54, 1.807) is 42.5 Å². The van der Waals surface area contributed by atoms with Crippen molar-refractivity contribution in [3.8, 4) is 0 Å². The second-order valence-corrected chi connectivity index (χ2v) is 9.01. The van der Waals surface area contributed by atoms with Crippen LogP contribution in [0.15, 0.2) is 93.0 Å². The lowest BCUT2D eigenvalue weighted by atomic mass is 9.95. The lowest BCUT2D eigenvalue weighted by Gasteiger charge is -2.24. The number of aliphatic hydroxyl groups is 1. The van der Waals surface area contributed by atoms with Crippen LogP contribution < -0.4 is 4.90 Å². The number of nitrogens with one attached hydrogen (secondary N) is 1. The summed E-state index contributed by atoms with van der Waals surface area (Å²) in [5.74, 6) is -2.54. The molecule has 6 rings (SSSR count). The van der Waals surface area contributed by atoms with E-state index in [1.165, 1.54) is 29.2 Å². The number of amides is 1. The first-order valence-corrected chi connectivity index (χ1v) is 11.4. The van der Waals surface area contributed by atoms with Crippen molar-refractivity contribution in [3.63, 3.8) is 0 Å². The molecule has 3 heterocycles. The predicted molar refractivity (Wildman–Crippen MR) is 131 cm³/mol. The van der Waals surface area contributed by atoms with Crippen LogP contribution in [0.3, 0.4) is 0 Å². The number of benzene rings is 3. The number of carbonyl (C=O) groups excluding carboxylic acids is 2. The zero-order valence-electron chi connectivity index (χ0n) is 17.8. The Hall–Kier alpha value is -4.24. The Labute approximate surface area is 205 Å². The number of aliphatic hydroxyl groups excluding tert-OH is 1. The standard InChI is InChI=1S/C26H15BrFN3O4/c27-15-7-10-19-14(11-15)12-20(35-19)23(32)21-22(13-5-8-16(28)9-6-13)31(25(34)24(21)33)26-29-17-3-1-2-4-18(17)30-26/h1-12,22,33H,(H,29,30). The molecule has 0 saturated heterocycles. The van der Waals surface area contributed by atoms with Gasteiger partial charge in [-0.25, -0.2) is 9.37 Å². The molecule has 0 saturated carbocycles. The summed E-state index contributed by atoms with van der Waals surface area (Å²) in [4.78, 5) is 35.7. The van der Waals surface area contributed by atoms with Crippen molar-refractivity contribution < 1.29 is 23.5 Å². The number of hydrogen-bond acceptors (Lipinski definition) is 5. The van der Waals surface area contributed by atoms with Gasteiger partial charge in [-0.1, -0.05) is 40.2 Å². The number of H-pyrrole nitrogens is 1. The number of imidazole rings is 1. The fourth-order valence-electron chi connectivity index (χ4n) is 4.33. The first kappa shape index (κ1) is 21.3. The van der Waals surface area contributed by atoms with Crippen LogP contribution in [0.25, 0.3) is 22.0 Å². The van der Waals surface area contributed by atoms with Gasteiger partial charge in [0.05, 0.1) is 22.6 Å². The number of furan rings is 1. The summed E-state index contributed by atoms with van der Waals surface area (Å²) in [6.45, 7) is 0. The summed E-state index contributed by atoms with van der Waals surface area (Å²) >= 11 is 3.39. The molecule has 0 radical (unpaired) electrons. The summed E-state index contributed by atoms with van der Waals surface area (Å²) in [5.41, 5.74) is 2.01. The van der Waals surface area contributed by atoms with Gasteiger partial charge < -0.3 is 14.5 Å². The summed E-state index contributed by atoms with van der Waals surface area (Å²) in [6, 6.07) is 18.4. The van der Waals surface area contributed by atoms with Gasteiger partial charge in [0.1, 0.15) is 11.4 Å². The molecule has 2 aromatic heterocycles. The molecular formula is C26H15BrFN3O4. The van der Waals surface area contributed by atoms with E-state index in [-0.39, 0.29) is 17.3 Å². The number of hydrogen-bond donors (Lipinski definition) is 2. The largest absolute Gasteiger partial charge is 0.503 e. The number of para-hydroxylation sites is 2. The number of rotatable bonds is 4. The zero-order valence-corrected chi connectivity index (χ0v) is 19.4. The van der Waals surface area contributed by atoms with E-state index >= 15 is 0 Å². The van der Waals surface area contributed by atoms with Crippen molar-refractivity contribution in [1.29, 1.82) is 0 Å². The van der Waals surface area contributed by atoms with Gasteiger partial charge in [-0.3, -0.25) is 14.5 Å². The second-order valence-electron chi connectivity index (χ2n) is 8.09. The lowest BCUT2D eigenvalue weighted by Crippen LogP contribution is -2.32. The second kappa shape index (κ2) is 7.92. The Kier molecular flexibility index (Phi) is 4.82. The third-order valence-electron chi connectivity index (χ3n) is 5.95. The number of carbonyl (C=O) groups is 2. The Morgan fingerprint density at radius 3 is 2.63 bits per heavy atom. The number of halogens is 2. The molecular weight excluding hydrogens is 517 g/mol. The Bertz CT molecular complexity index is 1650. The van der Waals surface area contributed by atoms with Crippen LogP contribution in [0.1, 0.15) is 22.2 Å². The van der Waals surface area contributed by atoms with Gasteiger partial charge in [-0.15, -0.1) is 0 Å². The van der Waals surface area contributed by atoms with Crippen LogP contribution in [0, 0.1) is 5.82 Å². The molecule has 1 aliphatic rings. The number of fused-ring (bicyclic) bond motifs is 2. The maximum Gasteiger partial charge on any atom is 0.296 e. The lowest BCUT2D eigenvalue weighted by molar-refractivity contribution is -0.117. The molecule has 3 aromatic carbocycles. The molecule has 1 unspecified atom stereocenters. The number of ketones is 1. The average molecular weight is 532 g/mol. The quantitative estimate of drug-likeness (QED) is 0.277. The SMILES string of the molecule is O=C(C1=C(O)C(=O)N(c2nc3ccccc3[nH]2)C1c1ccc(F)cc1)c1cc2cc(Br)ccc2o1. The monoisotopic (exact) mass is 531 g/mol. The van der Waals surface area contributed by atoms with Crippen LogP contribution in [-0.2, 0) is 4.79 Å². The van der Waals surface area contributed by atoms with Crippen LogP contribution >= 0.6 is 15.9 Å². The van der Waals surface area contributed by atoms with Gasteiger partial charge in [0, 0.05) is 9.86 Å². The molecule has 0 spiro atoms. The van der Waals surface area contributed by atoms with E-state index < -0.39 is 29.3 Å². The summed E-state index contributed by atoms with van der Waals surface area (Å²) in [6.07, 6.45) is 0. The van der Waals surface area contributed by atoms with E-state index in [0.717, 1.165) is 4.47 Å². The molecule has 9 heteroatoms. The van der Waals surface area contributed by atoms with Crippen LogP contribution in [0.2, 0.25) is 0 Å². The number of aromatic amines is 1. The summed E-state index contributed by atoms with van der Waals surface area (Å²) in [5, 5.41) is 11.6. The zero-order chi connectivity index (χ0) is 24.3. The Balaban J connectivity index is 1.51. The molecule has 0 bridgehead atoms. The topological polar surface area (TPSA) is 99.4 Å². The van der Waals surface area contributed by atoms with Crippen molar-refractivity contribution >= 4 is 55.6 Å².